The summed E-state index contributed by atoms with van der Waals surface area (Å²) in [6.07, 6.45) is 1.18. The molecule has 0 aliphatic heterocycles. The van der Waals surface area contributed by atoms with E-state index in [0.717, 1.165) is 0 Å². The monoisotopic (exact) mass is 192 g/mol. The van der Waals surface area contributed by atoms with E-state index >= 15 is 0 Å². The van der Waals surface area contributed by atoms with Crippen LogP contribution in [0.2, 0.25) is 0 Å². The van der Waals surface area contributed by atoms with Gasteiger partial charge in [0.15, 0.2) is 0 Å². The van der Waals surface area contributed by atoms with Crippen LogP contribution in [-0.2, 0) is 9.84 Å². The summed E-state index contributed by atoms with van der Waals surface area (Å²) in [6, 6.07) is 0. The molecular weight excluding hydrogens is 180 g/mol. The van der Waals surface area contributed by atoms with E-state index in [4.69, 9.17) is 5.53 Å². The Hall–Kier alpha value is -0.780. The number of hydrogen-bond acceptors (Lipinski definition) is 4. The summed E-state index contributed by atoms with van der Waals surface area (Å²) in [5.74, 6) is 0.114. The van der Waals surface area contributed by atoms with Crippen LogP contribution in [0.1, 0.15) is 0 Å². The predicted molar refractivity (Wildman–Crippen MR) is 46.6 cm³/mol. The van der Waals surface area contributed by atoms with Crippen LogP contribution in [0.3, 0.4) is 0 Å². The quantitative estimate of drug-likeness (QED) is 0.276. The van der Waals surface area contributed by atoms with E-state index in [2.05, 4.69) is 15.3 Å². The van der Waals surface area contributed by atoms with Gasteiger partial charge < -0.3 is 5.32 Å². The third-order valence-electron chi connectivity index (χ3n) is 1.10. The molecule has 0 saturated heterocycles. The smallest absolute Gasteiger partial charge is 0.148 e. The minimum Gasteiger partial charge on any atom is -0.316 e. The number of sulfone groups is 1. The normalized spacial score (nSPS) is 10.8. The standard InChI is InChI=1S/C5H12N4O2S/c1-12(10,11)5-4-7-2-3-8-9-6/h7H,2-5H2,1H3. The van der Waals surface area contributed by atoms with Crippen molar-refractivity contribution in [2.24, 2.45) is 5.11 Å². The molecule has 7 heteroatoms. The van der Waals surface area contributed by atoms with Gasteiger partial charge in [0.25, 0.3) is 0 Å². The zero-order chi connectivity index (χ0) is 9.45. The molecule has 0 rings (SSSR count). The van der Waals surface area contributed by atoms with Crippen LogP contribution in [0.25, 0.3) is 10.4 Å². The van der Waals surface area contributed by atoms with E-state index in [1.165, 1.54) is 6.26 Å². The number of hydrogen-bond donors (Lipinski definition) is 1. The number of nitrogens with one attached hydrogen (secondary N) is 1. The van der Waals surface area contributed by atoms with Crippen molar-refractivity contribution in [3.05, 3.63) is 10.4 Å². The fourth-order valence-electron chi connectivity index (χ4n) is 0.556. The highest BCUT2D eigenvalue weighted by Crippen LogP contribution is 1.79. The van der Waals surface area contributed by atoms with Crippen LogP contribution in [-0.4, -0.2) is 40.1 Å². The Morgan fingerprint density at radius 3 is 2.67 bits per heavy atom. The molecule has 0 aliphatic rings. The van der Waals surface area contributed by atoms with E-state index in [9.17, 15) is 8.42 Å². The average molecular weight is 192 g/mol. The lowest BCUT2D eigenvalue weighted by Crippen LogP contribution is -2.24. The van der Waals surface area contributed by atoms with Gasteiger partial charge in [-0.1, -0.05) is 5.11 Å². The van der Waals surface area contributed by atoms with E-state index in [0.29, 0.717) is 19.6 Å². The van der Waals surface area contributed by atoms with E-state index < -0.39 is 9.84 Å². The maximum Gasteiger partial charge on any atom is 0.148 e. The highest BCUT2D eigenvalue weighted by Gasteiger charge is 1.99. The molecule has 0 saturated carbocycles. The number of azide groups is 1. The van der Waals surface area contributed by atoms with Crippen molar-refractivity contribution in [3.8, 4) is 0 Å². The molecule has 1 N–H and O–H groups in total. The van der Waals surface area contributed by atoms with E-state index in [-0.39, 0.29) is 5.75 Å². The van der Waals surface area contributed by atoms with E-state index in [1.54, 1.807) is 0 Å². The number of rotatable bonds is 6. The minimum atomic E-state index is -2.88. The topological polar surface area (TPSA) is 94.9 Å². The highest BCUT2D eigenvalue weighted by molar-refractivity contribution is 7.90. The number of nitrogens with zero attached hydrogens (tertiary/aromatic N) is 3. The Morgan fingerprint density at radius 2 is 2.17 bits per heavy atom. The molecule has 0 radical (unpaired) electrons. The van der Waals surface area contributed by atoms with Crippen LogP contribution >= 0.6 is 0 Å². The van der Waals surface area contributed by atoms with Gasteiger partial charge in [-0.3, -0.25) is 0 Å². The molecule has 0 aromatic heterocycles. The van der Waals surface area contributed by atoms with Crippen LogP contribution in [0.15, 0.2) is 5.11 Å². The molecule has 0 aliphatic carbocycles. The zero-order valence-electron chi connectivity index (χ0n) is 6.89. The summed E-state index contributed by atoms with van der Waals surface area (Å²) in [5.41, 5.74) is 7.89. The third-order valence-corrected chi connectivity index (χ3v) is 2.05. The van der Waals surface area contributed by atoms with Gasteiger partial charge in [0, 0.05) is 30.8 Å². The largest absolute Gasteiger partial charge is 0.316 e. The maximum atomic E-state index is 10.6. The van der Waals surface area contributed by atoms with Gasteiger partial charge in [-0.05, 0) is 5.53 Å². The van der Waals surface area contributed by atoms with Gasteiger partial charge in [0.05, 0.1) is 5.75 Å². The minimum absolute atomic E-state index is 0.114. The molecule has 0 bridgehead atoms. The van der Waals surface area contributed by atoms with Crippen molar-refractivity contribution >= 4 is 9.84 Å². The molecule has 0 unspecified atom stereocenters. The first-order chi connectivity index (χ1) is 5.56. The molecule has 0 aromatic rings. The van der Waals surface area contributed by atoms with Gasteiger partial charge in [-0.2, -0.15) is 0 Å². The first kappa shape index (κ1) is 11.2. The van der Waals surface area contributed by atoms with Crippen molar-refractivity contribution in [2.75, 3.05) is 31.6 Å². The summed E-state index contributed by atoms with van der Waals surface area (Å²) >= 11 is 0. The molecule has 0 heterocycles. The summed E-state index contributed by atoms with van der Waals surface area (Å²) in [5, 5.41) is 6.11. The summed E-state index contributed by atoms with van der Waals surface area (Å²) in [7, 11) is -2.88. The summed E-state index contributed by atoms with van der Waals surface area (Å²) in [6.45, 7) is 1.26. The predicted octanol–water partition coefficient (Wildman–Crippen LogP) is -0.0691. The molecule has 0 spiro atoms. The van der Waals surface area contributed by atoms with Crippen LogP contribution in [0, 0.1) is 0 Å². The van der Waals surface area contributed by atoms with E-state index in [1.807, 2.05) is 0 Å². The second-order valence-corrected chi connectivity index (χ2v) is 4.59. The van der Waals surface area contributed by atoms with Crippen molar-refractivity contribution in [1.82, 2.24) is 5.32 Å². The third kappa shape index (κ3) is 9.22. The van der Waals surface area contributed by atoms with Crippen LogP contribution < -0.4 is 5.32 Å². The maximum absolute atomic E-state index is 10.6. The Kier molecular flexibility index (Phi) is 5.44. The molecule has 70 valence electrons. The Balaban J connectivity index is 3.28. The van der Waals surface area contributed by atoms with Crippen LogP contribution in [0.4, 0.5) is 0 Å². The molecule has 0 aromatic carbocycles. The Bertz CT molecular complexity index is 255. The fraction of sp³-hybridized carbons (Fsp3) is 1.00. The zero-order valence-corrected chi connectivity index (χ0v) is 7.71. The Labute approximate surface area is 71.5 Å². The fourth-order valence-corrected chi connectivity index (χ4v) is 1.07. The average Bonchev–Trinajstić information content (AvgIpc) is 1.94. The van der Waals surface area contributed by atoms with Crippen molar-refractivity contribution in [1.29, 1.82) is 0 Å². The lowest BCUT2D eigenvalue weighted by molar-refractivity contribution is 0.597. The van der Waals surface area contributed by atoms with Crippen LogP contribution in [0.5, 0.6) is 0 Å². The first-order valence-electron chi connectivity index (χ1n) is 3.45. The van der Waals surface area contributed by atoms with Gasteiger partial charge in [0.2, 0.25) is 0 Å². The second kappa shape index (κ2) is 5.82. The lowest BCUT2D eigenvalue weighted by Gasteiger charge is -1.99. The van der Waals surface area contributed by atoms with Crippen molar-refractivity contribution in [2.45, 2.75) is 0 Å². The Morgan fingerprint density at radius 1 is 1.50 bits per heavy atom. The molecule has 0 amide bonds. The highest BCUT2D eigenvalue weighted by atomic mass is 32.2. The van der Waals surface area contributed by atoms with Gasteiger partial charge in [-0.25, -0.2) is 8.42 Å². The molecule has 12 heavy (non-hydrogen) atoms. The molecule has 0 fully saturated rings. The summed E-state index contributed by atoms with van der Waals surface area (Å²) in [4.78, 5) is 2.55. The van der Waals surface area contributed by atoms with Gasteiger partial charge in [-0.15, -0.1) is 0 Å². The first-order valence-corrected chi connectivity index (χ1v) is 5.51. The second-order valence-electron chi connectivity index (χ2n) is 2.33. The SMILES string of the molecule is CS(=O)(=O)CCNCCN=[N+]=[N-]. The van der Waals surface area contributed by atoms with Gasteiger partial charge >= 0.3 is 0 Å². The molecule has 6 nitrogen and oxygen atoms in total. The van der Waals surface area contributed by atoms with Crippen molar-refractivity contribution in [3.63, 3.8) is 0 Å². The van der Waals surface area contributed by atoms with Gasteiger partial charge in [0.1, 0.15) is 9.84 Å². The lowest BCUT2D eigenvalue weighted by atomic mass is 10.6. The molecule has 0 atom stereocenters. The summed E-state index contributed by atoms with van der Waals surface area (Å²) < 4.78 is 21.2. The van der Waals surface area contributed by atoms with Crippen molar-refractivity contribution < 1.29 is 8.42 Å². The molecular formula is C5H12N4O2S.